The minimum atomic E-state index is -4.75. The Hall–Kier alpha value is -1.47. The Morgan fingerprint density at radius 2 is 1.83 bits per heavy atom. The highest BCUT2D eigenvalue weighted by atomic mass is 35.5. The molecule has 0 spiro atoms. The van der Waals surface area contributed by atoms with Crippen molar-refractivity contribution in [2.75, 3.05) is 0 Å². The van der Waals surface area contributed by atoms with Gasteiger partial charge in [-0.2, -0.15) is 0 Å². The van der Waals surface area contributed by atoms with Crippen LogP contribution in [0.4, 0.5) is 13.2 Å². The van der Waals surface area contributed by atoms with Crippen LogP contribution in [0.2, 0.25) is 0 Å². The minimum absolute atomic E-state index is 0. The fourth-order valence-corrected chi connectivity index (χ4v) is 1.22. The number of ether oxygens (including phenoxy) is 1. The van der Waals surface area contributed by atoms with Crippen LogP contribution in [0.15, 0.2) is 24.3 Å². The van der Waals surface area contributed by atoms with Crippen LogP contribution in [0.25, 0.3) is 0 Å². The smallest absolute Gasteiger partial charge is 0.481 e. The number of nitrogens with two attached hydrogens (primary N) is 1. The highest BCUT2D eigenvalue weighted by Crippen LogP contribution is 2.24. The summed E-state index contributed by atoms with van der Waals surface area (Å²) in [5.41, 5.74) is 5.96. The standard InChI is InChI=1S/C10H10F3NO3.ClH/c11-10(12,13)17-7-3-1-6(2-4-7)8(14)5-9(15)16;/h1-4,8H,5,14H2,(H,15,16);1H/t8-;/m0./s1. The average molecular weight is 286 g/mol. The third-order valence-electron chi connectivity index (χ3n) is 1.94. The number of aliphatic carboxylic acids is 1. The molecule has 0 fully saturated rings. The van der Waals surface area contributed by atoms with Gasteiger partial charge in [0.1, 0.15) is 5.75 Å². The van der Waals surface area contributed by atoms with Crippen LogP contribution in [0.3, 0.4) is 0 Å². The lowest BCUT2D eigenvalue weighted by Gasteiger charge is -2.11. The van der Waals surface area contributed by atoms with Crippen LogP contribution in [0.5, 0.6) is 5.75 Å². The topological polar surface area (TPSA) is 72.6 Å². The Morgan fingerprint density at radius 3 is 2.22 bits per heavy atom. The molecule has 4 nitrogen and oxygen atoms in total. The molecule has 0 bridgehead atoms. The largest absolute Gasteiger partial charge is 0.573 e. The van der Waals surface area contributed by atoms with Gasteiger partial charge in [-0.05, 0) is 17.7 Å². The average Bonchev–Trinajstić information content (AvgIpc) is 2.15. The molecule has 1 aromatic rings. The molecule has 1 atom stereocenters. The molecular formula is C10H11ClF3NO3. The first-order valence-electron chi connectivity index (χ1n) is 4.61. The molecule has 0 unspecified atom stereocenters. The molecule has 0 aliphatic heterocycles. The molecule has 0 aliphatic rings. The minimum Gasteiger partial charge on any atom is -0.481 e. The number of hydrogen-bond donors (Lipinski definition) is 2. The van der Waals surface area contributed by atoms with Gasteiger partial charge in [0.2, 0.25) is 0 Å². The zero-order chi connectivity index (χ0) is 13.1. The number of rotatable bonds is 4. The molecule has 102 valence electrons. The highest BCUT2D eigenvalue weighted by molar-refractivity contribution is 5.85. The fourth-order valence-electron chi connectivity index (χ4n) is 1.22. The summed E-state index contributed by atoms with van der Waals surface area (Å²) < 4.78 is 39.2. The summed E-state index contributed by atoms with van der Waals surface area (Å²) >= 11 is 0. The molecule has 1 aromatic carbocycles. The predicted molar refractivity (Wildman–Crippen MR) is 59.6 cm³/mol. The SMILES string of the molecule is Cl.N[C@@H](CC(=O)O)c1ccc(OC(F)(F)F)cc1. The Bertz CT molecular complexity index is 394. The highest BCUT2D eigenvalue weighted by Gasteiger charge is 2.31. The first-order valence-corrected chi connectivity index (χ1v) is 4.61. The molecule has 0 saturated heterocycles. The van der Waals surface area contributed by atoms with E-state index in [9.17, 15) is 18.0 Å². The van der Waals surface area contributed by atoms with Crippen LogP contribution in [0.1, 0.15) is 18.0 Å². The van der Waals surface area contributed by atoms with E-state index in [1.807, 2.05) is 0 Å². The van der Waals surface area contributed by atoms with Gasteiger partial charge in [0, 0.05) is 6.04 Å². The first kappa shape index (κ1) is 16.5. The van der Waals surface area contributed by atoms with Crippen LogP contribution in [-0.4, -0.2) is 17.4 Å². The van der Waals surface area contributed by atoms with Crippen molar-refractivity contribution in [1.82, 2.24) is 0 Å². The summed E-state index contributed by atoms with van der Waals surface area (Å²) in [6.07, 6.45) is -5.04. The zero-order valence-corrected chi connectivity index (χ0v) is 9.79. The van der Waals surface area contributed by atoms with E-state index in [0.717, 1.165) is 12.1 Å². The van der Waals surface area contributed by atoms with E-state index in [-0.39, 0.29) is 24.6 Å². The molecule has 0 amide bonds. The van der Waals surface area contributed by atoms with Gasteiger partial charge in [0.15, 0.2) is 0 Å². The predicted octanol–water partition coefficient (Wildman–Crippen LogP) is 2.48. The van der Waals surface area contributed by atoms with E-state index < -0.39 is 18.4 Å². The van der Waals surface area contributed by atoms with Crippen LogP contribution >= 0.6 is 12.4 Å². The number of carbonyl (C=O) groups is 1. The van der Waals surface area contributed by atoms with Crippen LogP contribution in [0, 0.1) is 0 Å². The van der Waals surface area contributed by atoms with Crippen molar-refractivity contribution in [3.05, 3.63) is 29.8 Å². The van der Waals surface area contributed by atoms with Gasteiger partial charge in [-0.3, -0.25) is 4.79 Å². The van der Waals surface area contributed by atoms with Crippen molar-refractivity contribution < 1.29 is 27.8 Å². The van der Waals surface area contributed by atoms with E-state index in [1.165, 1.54) is 12.1 Å². The number of alkyl halides is 3. The van der Waals surface area contributed by atoms with E-state index in [4.69, 9.17) is 10.8 Å². The fraction of sp³-hybridized carbons (Fsp3) is 0.300. The van der Waals surface area contributed by atoms with Crippen molar-refractivity contribution >= 4 is 18.4 Å². The van der Waals surface area contributed by atoms with E-state index in [2.05, 4.69) is 4.74 Å². The summed E-state index contributed by atoms with van der Waals surface area (Å²) in [7, 11) is 0. The molecule has 0 radical (unpaired) electrons. The number of halogens is 4. The zero-order valence-electron chi connectivity index (χ0n) is 8.98. The van der Waals surface area contributed by atoms with Crippen molar-refractivity contribution in [2.24, 2.45) is 5.73 Å². The third-order valence-corrected chi connectivity index (χ3v) is 1.94. The second-order valence-corrected chi connectivity index (χ2v) is 3.32. The Morgan fingerprint density at radius 1 is 1.33 bits per heavy atom. The Balaban J connectivity index is 0.00000289. The second-order valence-electron chi connectivity index (χ2n) is 3.32. The summed E-state index contributed by atoms with van der Waals surface area (Å²) in [6.45, 7) is 0. The van der Waals surface area contributed by atoms with E-state index in [1.54, 1.807) is 0 Å². The first-order chi connectivity index (χ1) is 7.78. The molecule has 0 heterocycles. The number of hydrogen-bond acceptors (Lipinski definition) is 3. The van der Waals surface area contributed by atoms with Crippen molar-refractivity contribution in [3.63, 3.8) is 0 Å². The van der Waals surface area contributed by atoms with Gasteiger partial charge in [-0.1, -0.05) is 12.1 Å². The quantitative estimate of drug-likeness (QED) is 0.891. The molecule has 3 N–H and O–H groups in total. The maximum Gasteiger partial charge on any atom is 0.573 e. The van der Waals surface area contributed by atoms with Gasteiger partial charge < -0.3 is 15.6 Å². The number of carboxylic acid groups (broad SMARTS) is 1. The third kappa shape index (κ3) is 5.74. The number of benzene rings is 1. The monoisotopic (exact) mass is 285 g/mol. The van der Waals surface area contributed by atoms with Crippen molar-refractivity contribution in [3.8, 4) is 5.75 Å². The molecule has 0 aliphatic carbocycles. The van der Waals surface area contributed by atoms with Gasteiger partial charge in [-0.25, -0.2) is 0 Å². The summed E-state index contributed by atoms with van der Waals surface area (Å²) in [6, 6.07) is 4.02. The molecule has 18 heavy (non-hydrogen) atoms. The van der Waals surface area contributed by atoms with Gasteiger partial charge in [-0.15, -0.1) is 25.6 Å². The molecule has 1 rings (SSSR count). The second kappa shape index (κ2) is 6.46. The normalized spacial score (nSPS) is 12.4. The summed E-state index contributed by atoms with van der Waals surface area (Å²) in [5, 5.41) is 8.50. The summed E-state index contributed by atoms with van der Waals surface area (Å²) in [5.74, 6) is -1.45. The lowest BCUT2D eigenvalue weighted by Crippen LogP contribution is -2.17. The van der Waals surface area contributed by atoms with Crippen molar-refractivity contribution in [2.45, 2.75) is 18.8 Å². The lowest BCUT2D eigenvalue weighted by molar-refractivity contribution is -0.274. The maximum absolute atomic E-state index is 11.8. The lowest BCUT2D eigenvalue weighted by atomic mass is 10.1. The van der Waals surface area contributed by atoms with E-state index in [0.29, 0.717) is 5.56 Å². The Labute approximate surface area is 107 Å². The number of carboxylic acids is 1. The molecule has 0 saturated carbocycles. The molecule has 8 heteroatoms. The molecule has 0 aromatic heterocycles. The van der Waals surface area contributed by atoms with Gasteiger partial charge >= 0.3 is 12.3 Å². The van der Waals surface area contributed by atoms with Gasteiger partial charge in [0.05, 0.1) is 6.42 Å². The van der Waals surface area contributed by atoms with E-state index >= 15 is 0 Å². The molecular weight excluding hydrogens is 275 g/mol. The maximum atomic E-state index is 11.8. The van der Waals surface area contributed by atoms with Crippen molar-refractivity contribution in [1.29, 1.82) is 0 Å². The Kier molecular flexibility index (Phi) is 5.93. The van der Waals surface area contributed by atoms with Crippen LogP contribution in [-0.2, 0) is 4.79 Å². The summed E-state index contributed by atoms with van der Waals surface area (Å²) in [4.78, 5) is 10.4. The van der Waals surface area contributed by atoms with Gasteiger partial charge in [0.25, 0.3) is 0 Å². The van der Waals surface area contributed by atoms with Crippen LogP contribution < -0.4 is 10.5 Å².